The average Bonchev–Trinajstić information content (AvgIpc) is 2.65. The first kappa shape index (κ1) is 19.4. The van der Waals surface area contributed by atoms with E-state index in [1.54, 1.807) is 0 Å². The predicted molar refractivity (Wildman–Crippen MR) is 107 cm³/mol. The highest BCUT2D eigenvalue weighted by atomic mass is 32.1. The fourth-order valence-electron chi connectivity index (χ4n) is 2.55. The van der Waals surface area contributed by atoms with Gasteiger partial charge in [-0.25, -0.2) is 0 Å². The van der Waals surface area contributed by atoms with E-state index >= 15 is 0 Å². The monoisotopic (exact) mass is 347 g/mol. The van der Waals surface area contributed by atoms with Crippen LogP contribution in [0.25, 0.3) is 6.08 Å². The first-order chi connectivity index (χ1) is 10.9. The number of benzene rings is 1. The van der Waals surface area contributed by atoms with E-state index in [1.807, 2.05) is 6.07 Å². The van der Waals surface area contributed by atoms with Crippen LogP contribution in [0, 0.1) is 0 Å². The molecule has 0 amide bonds. The Morgan fingerprint density at radius 3 is 2.17 bits per heavy atom. The minimum absolute atomic E-state index is 0.0712. The van der Waals surface area contributed by atoms with E-state index in [1.165, 1.54) is 5.56 Å². The van der Waals surface area contributed by atoms with Crippen molar-refractivity contribution in [2.75, 3.05) is 11.5 Å². The molecule has 1 saturated heterocycles. The molecule has 1 heterocycles. The molecule has 1 aromatic carbocycles. The zero-order valence-corrected chi connectivity index (χ0v) is 16.8. The third kappa shape index (κ3) is 3.84. The third-order valence-electron chi connectivity index (χ3n) is 5.03. The molecule has 2 rings (SSSR count). The summed E-state index contributed by atoms with van der Waals surface area (Å²) < 4.78 is 12.3. The van der Waals surface area contributed by atoms with Gasteiger partial charge in [-0.1, -0.05) is 32.9 Å². The molecule has 1 aliphatic rings. The standard InChI is InChI=1S/C19H30BNO2S/c1-17(2,3)14-8-9-16(21)13(10-14)11-15(12-24)20-22-18(4,5)19(6,7)23-20/h8-11,24H,12,21H2,1-7H3. The molecule has 132 valence electrons. The van der Waals surface area contributed by atoms with Crippen LogP contribution in [0.3, 0.4) is 0 Å². The number of nitrogen functional groups attached to an aromatic ring is 1. The van der Waals surface area contributed by atoms with Crippen molar-refractivity contribution in [3.8, 4) is 0 Å². The lowest BCUT2D eigenvalue weighted by molar-refractivity contribution is 0.00578. The summed E-state index contributed by atoms with van der Waals surface area (Å²) >= 11 is 4.48. The van der Waals surface area contributed by atoms with Crippen LogP contribution in [0.2, 0.25) is 0 Å². The van der Waals surface area contributed by atoms with Crippen molar-refractivity contribution in [2.24, 2.45) is 0 Å². The van der Waals surface area contributed by atoms with E-state index in [2.05, 4.69) is 79.3 Å². The summed E-state index contributed by atoms with van der Waals surface area (Å²) in [5, 5.41) is 0. The van der Waals surface area contributed by atoms with E-state index in [-0.39, 0.29) is 16.6 Å². The zero-order chi connectivity index (χ0) is 18.3. The summed E-state index contributed by atoms with van der Waals surface area (Å²) in [6.07, 6.45) is 2.06. The Balaban J connectivity index is 2.39. The Morgan fingerprint density at radius 1 is 1.17 bits per heavy atom. The van der Waals surface area contributed by atoms with Crippen LogP contribution in [0.5, 0.6) is 0 Å². The van der Waals surface area contributed by atoms with Gasteiger partial charge in [-0.3, -0.25) is 0 Å². The minimum Gasteiger partial charge on any atom is -0.400 e. The molecule has 0 aliphatic carbocycles. The molecule has 1 fully saturated rings. The van der Waals surface area contributed by atoms with Crippen molar-refractivity contribution >= 4 is 31.5 Å². The summed E-state index contributed by atoms with van der Waals surface area (Å²) in [6.45, 7) is 14.8. The SMILES string of the molecule is CC(C)(C)c1ccc(N)c(C=C(CS)B2OC(C)(C)C(C)(C)O2)c1. The second-order valence-electron chi connectivity index (χ2n) is 8.56. The van der Waals surface area contributed by atoms with E-state index in [4.69, 9.17) is 15.0 Å². The second-order valence-corrected chi connectivity index (χ2v) is 8.88. The smallest absolute Gasteiger partial charge is 0.400 e. The van der Waals surface area contributed by atoms with Crippen molar-refractivity contribution in [3.63, 3.8) is 0 Å². The molecule has 0 bridgehead atoms. The van der Waals surface area contributed by atoms with Crippen LogP contribution in [0.4, 0.5) is 5.69 Å². The summed E-state index contributed by atoms with van der Waals surface area (Å²) in [5.74, 6) is 0.552. The Labute approximate surface area is 152 Å². The normalized spacial score (nSPS) is 20.5. The van der Waals surface area contributed by atoms with Crippen LogP contribution in [-0.2, 0) is 14.7 Å². The Morgan fingerprint density at radius 2 is 1.71 bits per heavy atom. The number of nitrogens with two attached hydrogens (primary N) is 1. The van der Waals surface area contributed by atoms with Gasteiger partial charge in [-0.15, -0.1) is 0 Å². The molecule has 1 aromatic rings. The van der Waals surface area contributed by atoms with Crippen LogP contribution < -0.4 is 5.73 Å². The van der Waals surface area contributed by atoms with Gasteiger partial charge in [0.05, 0.1) is 11.2 Å². The first-order valence-corrected chi connectivity index (χ1v) is 9.07. The molecule has 0 aromatic heterocycles. The van der Waals surface area contributed by atoms with Crippen molar-refractivity contribution in [3.05, 3.63) is 34.8 Å². The summed E-state index contributed by atoms with van der Waals surface area (Å²) in [4.78, 5) is 0. The second kappa shape index (κ2) is 6.43. The molecular weight excluding hydrogens is 317 g/mol. The van der Waals surface area contributed by atoms with Gasteiger partial charge in [-0.05, 0) is 61.8 Å². The predicted octanol–water partition coefficient (Wildman–Crippen LogP) is 4.51. The number of hydrogen-bond acceptors (Lipinski definition) is 4. The molecule has 3 nitrogen and oxygen atoms in total. The largest absolute Gasteiger partial charge is 0.491 e. The van der Waals surface area contributed by atoms with Gasteiger partial charge in [0.1, 0.15) is 0 Å². The van der Waals surface area contributed by atoms with Gasteiger partial charge in [0, 0.05) is 11.4 Å². The van der Waals surface area contributed by atoms with Gasteiger partial charge >= 0.3 is 7.12 Å². The number of anilines is 1. The lowest BCUT2D eigenvalue weighted by Crippen LogP contribution is -2.41. The summed E-state index contributed by atoms with van der Waals surface area (Å²) in [7, 11) is -0.398. The maximum atomic E-state index is 6.19. The average molecular weight is 347 g/mol. The highest BCUT2D eigenvalue weighted by Crippen LogP contribution is 2.39. The van der Waals surface area contributed by atoms with Gasteiger partial charge in [0.15, 0.2) is 0 Å². The van der Waals surface area contributed by atoms with Crippen molar-refractivity contribution in [1.82, 2.24) is 0 Å². The molecule has 0 spiro atoms. The highest BCUT2D eigenvalue weighted by molar-refractivity contribution is 7.80. The van der Waals surface area contributed by atoms with Crippen LogP contribution in [0.15, 0.2) is 23.7 Å². The first-order valence-electron chi connectivity index (χ1n) is 8.44. The molecule has 0 atom stereocenters. The quantitative estimate of drug-likeness (QED) is 0.480. The fraction of sp³-hybridized carbons (Fsp3) is 0.579. The molecule has 0 saturated carbocycles. The molecule has 5 heteroatoms. The van der Waals surface area contributed by atoms with E-state index in [0.29, 0.717) is 5.75 Å². The van der Waals surface area contributed by atoms with Gasteiger partial charge in [0.2, 0.25) is 0 Å². The Kier molecular flexibility index (Phi) is 5.21. The lowest BCUT2D eigenvalue weighted by Gasteiger charge is -2.32. The molecule has 0 radical (unpaired) electrons. The number of rotatable bonds is 3. The van der Waals surface area contributed by atoms with Crippen LogP contribution in [-0.4, -0.2) is 24.1 Å². The number of hydrogen-bond donors (Lipinski definition) is 2. The zero-order valence-electron chi connectivity index (χ0n) is 15.9. The molecule has 24 heavy (non-hydrogen) atoms. The van der Waals surface area contributed by atoms with Crippen LogP contribution >= 0.6 is 12.6 Å². The fourth-order valence-corrected chi connectivity index (χ4v) is 2.79. The van der Waals surface area contributed by atoms with E-state index in [9.17, 15) is 0 Å². The Hall–Kier alpha value is -0.905. The Bertz CT molecular complexity index is 631. The molecule has 1 aliphatic heterocycles. The van der Waals surface area contributed by atoms with Crippen LogP contribution in [0.1, 0.15) is 59.6 Å². The number of thiol groups is 1. The summed E-state index contributed by atoms with van der Waals surface area (Å²) in [6, 6.07) is 6.19. The molecular formula is C19H30BNO2S. The molecule has 0 unspecified atom stereocenters. The van der Waals surface area contributed by atoms with E-state index < -0.39 is 7.12 Å². The van der Waals surface area contributed by atoms with Gasteiger partial charge < -0.3 is 15.0 Å². The maximum absolute atomic E-state index is 6.19. The highest BCUT2D eigenvalue weighted by Gasteiger charge is 2.52. The topological polar surface area (TPSA) is 44.5 Å². The minimum atomic E-state index is -0.398. The van der Waals surface area contributed by atoms with E-state index in [0.717, 1.165) is 16.7 Å². The third-order valence-corrected chi connectivity index (χ3v) is 5.40. The van der Waals surface area contributed by atoms with Gasteiger partial charge in [0.25, 0.3) is 0 Å². The maximum Gasteiger partial charge on any atom is 0.491 e. The van der Waals surface area contributed by atoms with Crippen molar-refractivity contribution in [1.29, 1.82) is 0 Å². The summed E-state index contributed by atoms with van der Waals surface area (Å²) in [5.41, 5.74) is 9.50. The molecule has 2 N–H and O–H groups in total. The van der Waals surface area contributed by atoms with Crippen molar-refractivity contribution in [2.45, 2.75) is 65.1 Å². The van der Waals surface area contributed by atoms with Gasteiger partial charge in [-0.2, -0.15) is 12.6 Å². The van der Waals surface area contributed by atoms with Crippen molar-refractivity contribution < 1.29 is 9.31 Å². The lowest BCUT2D eigenvalue weighted by atomic mass is 9.77.